The third-order valence-corrected chi connectivity index (χ3v) is 1.66. The van der Waals surface area contributed by atoms with Crippen molar-refractivity contribution in [3.05, 3.63) is 0 Å². The normalized spacial score (nSPS) is 12.9. The molecule has 0 fully saturated rings. The minimum absolute atomic E-state index is 0.310. The van der Waals surface area contributed by atoms with Crippen molar-refractivity contribution in [1.82, 2.24) is 0 Å². The molecule has 0 saturated carbocycles. The second kappa shape index (κ2) is 9.55. The van der Waals surface area contributed by atoms with Crippen LogP contribution in [0, 0.1) is 0 Å². The Morgan fingerprint density at radius 3 is 1.59 bits per heavy atom. The van der Waals surface area contributed by atoms with E-state index in [2.05, 4.69) is 5.73 Å². The van der Waals surface area contributed by atoms with Gasteiger partial charge >= 0.3 is 11.9 Å². The summed E-state index contributed by atoms with van der Waals surface area (Å²) in [6.07, 6.45) is 1.08. The van der Waals surface area contributed by atoms with Gasteiger partial charge in [-0.25, -0.2) is 0 Å². The van der Waals surface area contributed by atoms with E-state index in [0.29, 0.717) is 6.42 Å². The van der Waals surface area contributed by atoms with Crippen LogP contribution in [-0.4, -0.2) is 40.1 Å². The molecule has 0 aliphatic heterocycles. The zero-order valence-electron chi connectivity index (χ0n) is 9.63. The van der Waals surface area contributed by atoms with Crippen LogP contribution in [0.15, 0.2) is 0 Å². The molecule has 1 amide bonds. The smallest absolute Gasteiger partial charge is 0.321 e. The lowest BCUT2D eigenvalue weighted by Gasteiger charge is -2.00. The predicted octanol–water partition coefficient (Wildman–Crippen LogP) is -1.53. The van der Waals surface area contributed by atoms with Crippen LogP contribution in [0.25, 0.3) is 0 Å². The van der Waals surface area contributed by atoms with Crippen molar-refractivity contribution >= 4 is 17.8 Å². The van der Waals surface area contributed by atoms with E-state index < -0.39 is 29.9 Å². The lowest BCUT2D eigenvalue weighted by molar-refractivity contribution is -0.140. The van der Waals surface area contributed by atoms with Gasteiger partial charge in [0, 0.05) is 0 Å². The van der Waals surface area contributed by atoms with Crippen LogP contribution in [0.1, 0.15) is 26.2 Å². The van der Waals surface area contributed by atoms with E-state index in [1.54, 1.807) is 0 Å². The molecule has 2 atom stereocenters. The summed E-state index contributed by atoms with van der Waals surface area (Å²) >= 11 is 0. The molecular weight excluding hydrogens is 230 g/mol. The van der Waals surface area contributed by atoms with E-state index >= 15 is 0 Å². The third kappa shape index (κ3) is 12.3. The number of carboxylic acids is 2. The Bertz CT molecular complexity index is 269. The number of rotatable bonds is 6. The number of primary amides is 1. The Balaban J connectivity index is 0. The molecule has 0 aliphatic carbocycles. The maximum atomic E-state index is 9.99. The highest BCUT2D eigenvalue weighted by Crippen LogP contribution is 1.91. The molecule has 0 aliphatic rings. The molecule has 0 saturated heterocycles. The van der Waals surface area contributed by atoms with E-state index in [4.69, 9.17) is 21.7 Å². The first-order valence-electron chi connectivity index (χ1n) is 4.97. The highest BCUT2D eigenvalue weighted by atomic mass is 16.4. The number of hydrogen-bond donors (Lipinski definition) is 5. The lowest BCUT2D eigenvalue weighted by atomic mass is 10.2. The van der Waals surface area contributed by atoms with Gasteiger partial charge in [0.25, 0.3) is 0 Å². The Kier molecular flexibility index (Phi) is 9.95. The van der Waals surface area contributed by atoms with Crippen molar-refractivity contribution < 1.29 is 24.6 Å². The van der Waals surface area contributed by atoms with Gasteiger partial charge in [0.1, 0.15) is 12.1 Å². The van der Waals surface area contributed by atoms with E-state index in [1.165, 1.54) is 0 Å². The molecule has 8 nitrogen and oxygen atoms in total. The van der Waals surface area contributed by atoms with Gasteiger partial charge in [-0.2, -0.15) is 0 Å². The van der Waals surface area contributed by atoms with Gasteiger partial charge in [0.05, 0.1) is 6.42 Å². The second-order valence-corrected chi connectivity index (χ2v) is 3.35. The quantitative estimate of drug-likeness (QED) is 0.380. The summed E-state index contributed by atoms with van der Waals surface area (Å²) < 4.78 is 0. The van der Waals surface area contributed by atoms with Crippen LogP contribution >= 0.6 is 0 Å². The summed E-state index contributed by atoms with van der Waals surface area (Å²) in [6, 6.07) is -1.83. The molecule has 1 unspecified atom stereocenters. The molecule has 0 heterocycles. The second-order valence-electron chi connectivity index (χ2n) is 3.35. The summed E-state index contributed by atoms with van der Waals surface area (Å²) in [5, 5.41) is 16.3. The van der Waals surface area contributed by atoms with Crippen molar-refractivity contribution in [2.24, 2.45) is 17.2 Å². The molecule has 8 heteroatoms. The van der Waals surface area contributed by atoms with Crippen LogP contribution in [0.4, 0.5) is 0 Å². The van der Waals surface area contributed by atoms with Crippen molar-refractivity contribution in [3.8, 4) is 0 Å². The van der Waals surface area contributed by atoms with Gasteiger partial charge in [0.15, 0.2) is 0 Å². The fraction of sp³-hybridized carbons (Fsp3) is 0.667. The molecule has 0 rings (SSSR count). The van der Waals surface area contributed by atoms with Gasteiger partial charge in [-0.05, 0) is 6.42 Å². The number of amides is 1. The molecule has 0 bridgehead atoms. The maximum absolute atomic E-state index is 9.99. The Morgan fingerprint density at radius 1 is 1.06 bits per heavy atom. The minimum atomic E-state index is -1.21. The highest BCUT2D eigenvalue weighted by molar-refractivity contribution is 5.83. The molecule has 0 radical (unpaired) electrons. The van der Waals surface area contributed by atoms with Crippen LogP contribution < -0.4 is 17.2 Å². The van der Waals surface area contributed by atoms with Crippen LogP contribution in [0.2, 0.25) is 0 Å². The van der Waals surface area contributed by atoms with Gasteiger partial charge < -0.3 is 27.4 Å². The summed E-state index contributed by atoms with van der Waals surface area (Å²) in [6.45, 7) is 1.91. The van der Waals surface area contributed by atoms with Crippen molar-refractivity contribution in [3.63, 3.8) is 0 Å². The summed E-state index contributed by atoms with van der Waals surface area (Å²) in [4.78, 5) is 29.9. The molecule has 17 heavy (non-hydrogen) atoms. The Labute approximate surface area is 98.8 Å². The molecule has 0 spiro atoms. The summed E-state index contributed by atoms with van der Waals surface area (Å²) in [5.74, 6) is -2.83. The first-order valence-corrected chi connectivity index (χ1v) is 4.97. The fourth-order valence-corrected chi connectivity index (χ4v) is 0.739. The van der Waals surface area contributed by atoms with E-state index in [9.17, 15) is 14.4 Å². The molecule has 8 N–H and O–H groups in total. The van der Waals surface area contributed by atoms with Gasteiger partial charge in [-0.1, -0.05) is 13.3 Å². The van der Waals surface area contributed by atoms with Crippen LogP contribution in [0.5, 0.6) is 0 Å². The van der Waals surface area contributed by atoms with Crippen LogP contribution in [-0.2, 0) is 14.4 Å². The third-order valence-electron chi connectivity index (χ3n) is 1.66. The Morgan fingerprint density at radius 2 is 1.47 bits per heavy atom. The van der Waals surface area contributed by atoms with Crippen molar-refractivity contribution in [2.45, 2.75) is 38.3 Å². The fourth-order valence-electron chi connectivity index (χ4n) is 0.739. The lowest BCUT2D eigenvalue weighted by Crippen LogP contribution is -2.34. The average molecular weight is 249 g/mol. The Hall–Kier alpha value is -1.67. The first kappa shape index (κ1) is 17.7. The largest absolute Gasteiger partial charge is 0.480 e. The number of carboxylic acid groups (broad SMARTS) is 2. The zero-order valence-corrected chi connectivity index (χ0v) is 9.63. The van der Waals surface area contributed by atoms with Crippen LogP contribution in [0.3, 0.4) is 0 Å². The molecule has 0 aromatic rings. The summed E-state index contributed by atoms with van der Waals surface area (Å²) in [5.41, 5.74) is 14.7. The number of carbonyl (C=O) groups is 3. The number of carbonyl (C=O) groups excluding carboxylic acids is 1. The SMILES string of the molecule is CCC[C@H](N)C(=O)O.NC(=O)CC(N)C(=O)O. The molecule has 0 aromatic carbocycles. The molecule has 100 valence electrons. The monoisotopic (exact) mass is 249 g/mol. The maximum Gasteiger partial charge on any atom is 0.321 e. The van der Waals surface area contributed by atoms with Gasteiger partial charge in [-0.15, -0.1) is 0 Å². The average Bonchev–Trinajstić information content (AvgIpc) is 2.17. The van der Waals surface area contributed by atoms with E-state index in [0.717, 1.165) is 6.42 Å². The first-order chi connectivity index (χ1) is 7.72. The van der Waals surface area contributed by atoms with Gasteiger partial charge in [0.2, 0.25) is 5.91 Å². The van der Waals surface area contributed by atoms with E-state index in [1.807, 2.05) is 6.92 Å². The van der Waals surface area contributed by atoms with E-state index in [-0.39, 0.29) is 6.42 Å². The summed E-state index contributed by atoms with van der Waals surface area (Å²) in [7, 11) is 0. The zero-order chi connectivity index (χ0) is 14.0. The number of aliphatic carboxylic acids is 2. The van der Waals surface area contributed by atoms with Gasteiger partial charge in [-0.3, -0.25) is 14.4 Å². The number of hydrogen-bond acceptors (Lipinski definition) is 5. The van der Waals surface area contributed by atoms with Crippen molar-refractivity contribution in [2.75, 3.05) is 0 Å². The highest BCUT2D eigenvalue weighted by Gasteiger charge is 2.13. The molecule has 0 aromatic heterocycles. The topological polar surface area (TPSA) is 170 Å². The predicted molar refractivity (Wildman–Crippen MR) is 59.9 cm³/mol. The molecular formula is C9H19N3O5. The van der Waals surface area contributed by atoms with Crippen molar-refractivity contribution in [1.29, 1.82) is 0 Å². The minimum Gasteiger partial charge on any atom is -0.480 e. The number of nitrogens with two attached hydrogens (primary N) is 3. The standard InChI is InChI=1S/C5H11NO2.C4H8N2O3/c1-2-3-4(6)5(7)8;5-2(4(8)9)1-3(6)7/h4H,2-3,6H2,1H3,(H,7,8);2H,1,5H2,(H2,6,7)(H,8,9)/t4-;/m0./s1.